The van der Waals surface area contributed by atoms with E-state index in [4.69, 9.17) is 14.2 Å². The van der Waals surface area contributed by atoms with E-state index in [0.717, 1.165) is 0 Å². The maximum absolute atomic E-state index is 13.5. The number of hydrogen-bond donors (Lipinski definition) is 1. The lowest BCUT2D eigenvalue weighted by Gasteiger charge is -2.09. The number of aromatic nitrogens is 1. The first-order chi connectivity index (χ1) is 13.1. The topological polar surface area (TPSA) is 69.7 Å². The normalized spacial score (nSPS) is 10.3. The van der Waals surface area contributed by atoms with E-state index in [1.54, 1.807) is 23.6 Å². The quantitative estimate of drug-likeness (QED) is 0.663. The number of carbonyl (C=O) groups excluding carboxylic acids is 1. The number of thiazole rings is 1. The molecule has 140 valence electrons. The van der Waals surface area contributed by atoms with E-state index >= 15 is 0 Å². The van der Waals surface area contributed by atoms with E-state index in [9.17, 15) is 9.18 Å². The zero-order valence-corrected chi connectivity index (χ0v) is 15.5. The van der Waals surface area contributed by atoms with Gasteiger partial charge in [0.1, 0.15) is 11.6 Å². The third kappa shape index (κ3) is 4.53. The molecule has 1 amide bonds. The molecule has 1 heterocycles. The third-order valence-corrected chi connectivity index (χ3v) is 4.37. The zero-order chi connectivity index (χ0) is 19.2. The van der Waals surface area contributed by atoms with Crippen molar-refractivity contribution >= 4 is 22.4 Å². The Labute approximate surface area is 159 Å². The molecule has 3 rings (SSSR count). The van der Waals surface area contributed by atoms with E-state index in [-0.39, 0.29) is 12.5 Å². The predicted octanol–water partition coefficient (Wildman–Crippen LogP) is 3.98. The van der Waals surface area contributed by atoms with Crippen molar-refractivity contribution in [1.82, 2.24) is 4.98 Å². The second-order valence-electron chi connectivity index (χ2n) is 5.37. The summed E-state index contributed by atoms with van der Waals surface area (Å²) in [5.41, 5.74) is 1.02. The van der Waals surface area contributed by atoms with Crippen LogP contribution in [0.25, 0.3) is 11.3 Å². The van der Waals surface area contributed by atoms with Gasteiger partial charge in [-0.15, -0.1) is 11.3 Å². The number of anilines is 1. The number of para-hydroxylation sites is 2. The first-order valence-corrected chi connectivity index (χ1v) is 8.83. The van der Waals surface area contributed by atoms with Gasteiger partial charge in [0.25, 0.3) is 5.91 Å². The Morgan fingerprint density at radius 1 is 1.11 bits per heavy atom. The monoisotopic (exact) mass is 388 g/mol. The summed E-state index contributed by atoms with van der Waals surface area (Å²) < 4.78 is 29.4. The minimum absolute atomic E-state index is 0.196. The van der Waals surface area contributed by atoms with Crippen molar-refractivity contribution in [3.8, 4) is 28.5 Å². The number of halogens is 1. The first kappa shape index (κ1) is 18.7. The van der Waals surface area contributed by atoms with Gasteiger partial charge in [0, 0.05) is 10.9 Å². The molecule has 3 aromatic rings. The molecular weight excluding hydrogens is 371 g/mol. The third-order valence-electron chi connectivity index (χ3n) is 3.62. The molecule has 0 radical (unpaired) electrons. The average molecular weight is 388 g/mol. The number of nitrogens with one attached hydrogen (secondary N) is 1. The lowest BCUT2D eigenvalue weighted by atomic mass is 10.1. The first-order valence-electron chi connectivity index (χ1n) is 7.96. The van der Waals surface area contributed by atoms with Crippen molar-refractivity contribution in [3.63, 3.8) is 0 Å². The van der Waals surface area contributed by atoms with Crippen LogP contribution in [0, 0.1) is 5.82 Å². The molecule has 0 saturated heterocycles. The molecule has 0 aliphatic heterocycles. The molecular formula is C19H17FN2O4S. The number of ether oxygens (including phenoxy) is 3. The molecule has 1 N–H and O–H groups in total. The average Bonchev–Trinajstić information content (AvgIpc) is 3.14. The molecule has 1 aromatic heterocycles. The van der Waals surface area contributed by atoms with Crippen molar-refractivity contribution in [2.24, 2.45) is 0 Å². The van der Waals surface area contributed by atoms with Crippen LogP contribution in [0.3, 0.4) is 0 Å². The summed E-state index contributed by atoms with van der Waals surface area (Å²) in [6, 6.07) is 11.2. The Bertz CT molecular complexity index is 945. The van der Waals surface area contributed by atoms with Gasteiger partial charge in [-0.3, -0.25) is 10.1 Å². The maximum atomic E-state index is 13.5. The minimum Gasteiger partial charge on any atom is -0.496 e. The lowest BCUT2D eigenvalue weighted by Crippen LogP contribution is -2.20. The highest BCUT2D eigenvalue weighted by Gasteiger charge is 2.13. The van der Waals surface area contributed by atoms with Gasteiger partial charge in [0.2, 0.25) is 0 Å². The summed E-state index contributed by atoms with van der Waals surface area (Å²) in [6.07, 6.45) is 0. The fourth-order valence-corrected chi connectivity index (χ4v) is 3.10. The van der Waals surface area contributed by atoms with Crippen molar-refractivity contribution in [2.45, 2.75) is 0 Å². The molecule has 0 aliphatic rings. The van der Waals surface area contributed by atoms with Crippen LogP contribution in [0.2, 0.25) is 0 Å². The number of nitrogens with zero attached hydrogens (tertiary/aromatic N) is 1. The number of benzene rings is 2. The Hall–Kier alpha value is -3.13. The van der Waals surface area contributed by atoms with Crippen LogP contribution >= 0.6 is 11.3 Å². The molecule has 27 heavy (non-hydrogen) atoms. The van der Waals surface area contributed by atoms with Crippen molar-refractivity contribution in [2.75, 3.05) is 26.1 Å². The number of rotatable bonds is 7. The van der Waals surface area contributed by atoms with Gasteiger partial charge in [0.15, 0.2) is 23.2 Å². The number of amides is 1. The van der Waals surface area contributed by atoms with Crippen LogP contribution in [0.1, 0.15) is 0 Å². The van der Waals surface area contributed by atoms with Crippen LogP contribution in [0.4, 0.5) is 9.52 Å². The van der Waals surface area contributed by atoms with Gasteiger partial charge >= 0.3 is 0 Å². The number of methoxy groups -OCH3 is 2. The number of hydrogen-bond acceptors (Lipinski definition) is 6. The van der Waals surface area contributed by atoms with Crippen LogP contribution in [0.5, 0.6) is 17.2 Å². The SMILES string of the molecule is COc1ccccc1OCC(=O)Nc1nc(-c2cc(F)ccc2OC)cs1. The zero-order valence-electron chi connectivity index (χ0n) is 14.7. The number of carbonyl (C=O) groups is 1. The van der Waals surface area contributed by atoms with E-state index in [1.165, 1.54) is 43.8 Å². The van der Waals surface area contributed by atoms with Gasteiger partial charge in [-0.2, -0.15) is 0 Å². The summed E-state index contributed by atoms with van der Waals surface area (Å²) in [7, 11) is 3.03. The van der Waals surface area contributed by atoms with Crippen LogP contribution in [-0.4, -0.2) is 31.7 Å². The molecule has 0 unspecified atom stereocenters. The largest absolute Gasteiger partial charge is 0.496 e. The van der Waals surface area contributed by atoms with Crippen molar-refractivity contribution < 1.29 is 23.4 Å². The molecule has 0 atom stereocenters. The van der Waals surface area contributed by atoms with Crippen LogP contribution < -0.4 is 19.5 Å². The molecule has 0 spiro atoms. The van der Waals surface area contributed by atoms with Gasteiger partial charge in [-0.1, -0.05) is 12.1 Å². The molecule has 0 bridgehead atoms. The highest BCUT2D eigenvalue weighted by atomic mass is 32.1. The Kier molecular flexibility index (Phi) is 5.87. The van der Waals surface area contributed by atoms with Crippen molar-refractivity contribution in [3.05, 3.63) is 53.7 Å². The molecule has 6 nitrogen and oxygen atoms in total. The smallest absolute Gasteiger partial charge is 0.264 e. The lowest BCUT2D eigenvalue weighted by molar-refractivity contribution is -0.118. The fourth-order valence-electron chi connectivity index (χ4n) is 2.37. The van der Waals surface area contributed by atoms with Gasteiger partial charge in [-0.25, -0.2) is 9.37 Å². The summed E-state index contributed by atoms with van der Waals surface area (Å²) in [6.45, 7) is -0.196. The predicted molar refractivity (Wildman–Crippen MR) is 101 cm³/mol. The summed E-state index contributed by atoms with van der Waals surface area (Å²) in [5.74, 6) is 0.751. The summed E-state index contributed by atoms with van der Waals surface area (Å²) in [5, 5.41) is 4.76. The Balaban J connectivity index is 1.65. The molecule has 2 aromatic carbocycles. The standard InChI is InChI=1S/C19H17FN2O4S/c1-24-15-8-7-12(20)9-13(15)14-11-27-19(21-14)22-18(23)10-26-17-6-4-3-5-16(17)25-2/h3-9,11H,10H2,1-2H3,(H,21,22,23). The van der Waals surface area contributed by atoms with Crippen LogP contribution in [-0.2, 0) is 4.79 Å². The minimum atomic E-state index is -0.394. The fraction of sp³-hybridized carbons (Fsp3) is 0.158. The van der Waals surface area contributed by atoms with Crippen molar-refractivity contribution in [1.29, 1.82) is 0 Å². The molecule has 0 aliphatic carbocycles. The Morgan fingerprint density at radius 3 is 2.59 bits per heavy atom. The molecule has 8 heteroatoms. The van der Waals surface area contributed by atoms with Crippen LogP contribution in [0.15, 0.2) is 47.8 Å². The van der Waals surface area contributed by atoms with E-state index in [0.29, 0.717) is 33.6 Å². The van der Waals surface area contributed by atoms with E-state index in [1.807, 2.05) is 6.07 Å². The summed E-state index contributed by atoms with van der Waals surface area (Å²) >= 11 is 1.23. The van der Waals surface area contributed by atoms with E-state index in [2.05, 4.69) is 10.3 Å². The molecule has 0 saturated carbocycles. The Morgan fingerprint density at radius 2 is 1.85 bits per heavy atom. The second kappa shape index (κ2) is 8.50. The maximum Gasteiger partial charge on any atom is 0.264 e. The molecule has 0 fully saturated rings. The van der Waals surface area contributed by atoms with E-state index < -0.39 is 5.82 Å². The van der Waals surface area contributed by atoms with Gasteiger partial charge in [0.05, 0.1) is 19.9 Å². The highest BCUT2D eigenvalue weighted by Crippen LogP contribution is 2.32. The second-order valence-corrected chi connectivity index (χ2v) is 6.23. The summed E-state index contributed by atoms with van der Waals surface area (Å²) in [4.78, 5) is 16.4. The van der Waals surface area contributed by atoms with Gasteiger partial charge < -0.3 is 14.2 Å². The van der Waals surface area contributed by atoms with Gasteiger partial charge in [-0.05, 0) is 30.3 Å². The highest BCUT2D eigenvalue weighted by molar-refractivity contribution is 7.14.